The molecule has 0 aliphatic heterocycles. The van der Waals surface area contributed by atoms with Crippen molar-refractivity contribution < 1.29 is 9.13 Å². The second-order valence-corrected chi connectivity index (χ2v) is 4.54. The Morgan fingerprint density at radius 1 is 1.50 bits per heavy atom. The number of rotatable bonds is 5. The van der Waals surface area contributed by atoms with Crippen molar-refractivity contribution in [2.24, 2.45) is 0 Å². The fourth-order valence-electron chi connectivity index (χ4n) is 1.52. The van der Waals surface area contributed by atoms with E-state index in [-0.39, 0.29) is 5.82 Å². The summed E-state index contributed by atoms with van der Waals surface area (Å²) in [5.41, 5.74) is 0.639. The van der Waals surface area contributed by atoms with Crippen molar-refractivity contribution in [1.82, 2.24) is 9.55 Å². The first-order valence-electron chi connectivity index (χ1n) is 5.43. The van der Waals surface area contributed by atoms with Gasteiger partial charge in [-0.15, -0.1) is 0 Å². The molecule has 0 aliphatic rings. The average molecular weight is 314 g/mol. The molecule has 0 radical (unpaired) electrons. The molecule has 2 aromatic rings. The zero-order valence-electron chi connectivity index (χ0n) is 9.86. The van der Waals surface area contributed by atoms with Gasteiger partial charge in [-0.3, -0.25) is 0 Å². The number of anilines is 2. The third-order valence-electron chi connectivity index (χ3n) is 2.43. The van der Waals surface area contributed by atoms with E-state index in [9.17, 15) is 4.39 Å². The zero-order valence-corrected chi connectivity index (χ0v) is 11.4. The van der Waals surface area contributed by atoms with E-state index >= 15 is 0 Å². The molecule has 0 amide bonds. The first kappa shape index (κ1) is 13.0. The summed E-state index contributed by atoms with van der Waals surface area (Å²) in [5, 5.41) is 3.08. The lowest BCUT2D eigenvalue weighted by atomic mass is 10.3. The molecule has 1 aromatic carbocycles. The van der Waals surface area contributed by atoms with Crippen LogP contribution >= 0.6 is 15.9 Å². The van der Waals surface area contributed by atoms with Crippen LogP contribution < -0.4 is 5.32 Å². The summed E-state index contributed by atoms with van der Waals surface area (Å²) < 4.78 is 20.9. The summed E-state index contributed by atoms with van der Waals surface area (Å²) in [7, 11) is 1.65. The number of nitrogens with one attached hydrogen (secondary N) is 1. The summed E-state index contributed by atoms with van der Waals surface area (Å²) in [6, 6.07) is 4.46. The van der Waals surface area contributed by atoms with Crippen molar-refractivity contribution in [2.45, 2.75) is 6.54 Å². The molecule has 0 saturated carbocycles. The second kappa shape index (κ2) is 5.97. The molecule has 6 heteroatoms. The molecule has 0 spiro atoms. The summed E-state index contributed by atoms with van der Waals surface area (Å²) >= 11 is 3.36. The second-order valence-electron chi connectivity index (χ2n) is 3.69. The summed E-state index contributed by atoms with van der Waals surface area (Å²) in [4.78, 5) is 4.19. The molecule has 0 aliphatic carbocycles. The highest BCUT2D eigenvalue weighted by atomic mass is 79.9. The quantitative estimate of drug-likeness (QED) is 0.921. The van der Waals surface area contributed by atoms with Crippen LogP contribution in [0.2, 0.25) is 0 Å². The van der Waals surface area contributed by atoms with E-state index in [0.717, 1.165) is 4.47 Å². The molecule has 0 bridgehead atoms. The van der Waals surface area contributed by atoms with Gasteiger partial charge in [0.15, 0.2) is 0 Å². The van der Waals surface area contributed by atoms with Crippen LogP contribution in [0.4, 0.5) is 16.0 Å². The molecule has 18 heavy (non-hydrogen) atoms. The minimum Gasteiger partial charge on any atom is -0.383 e. The zero-order chi connectivity index (χ0) is 13.0. The molecule has 1 aromatic heterocycles. The van der Waals surface area contributed by atoms with Crippen molar-refractivity contribution in [1.29, 1.82) is 0 Å². The Kier molecular flexibility index (Phi) is 4.33. The molecule has 1 heterocycles. The minimum absolute atomic E-state index is 0.296. The number of aromatic nitrogens is 2. The summed E-state index contributed by atoms with van der Waals surface area (Å²) in [6.45, 7) is 1.28. The predicted molar refractivity (Wildman–Crippen MR) is 71.5 cm³/mol. The van der Waals surface area contributed by atoms with Crippen LogP contribution in [-0.4, -0.2) is 23.3 Å². The molecule has 1 N–H and O–H groups in total. The molecule has 0 saturated heterocycles. The molecule has 4 nitrogen and oxygen atoms in total. The van der Waals surface area contributed by atoms with Gasteiger partial charge in [-0.05, 0) is 34.1 Å². The molecule has 0 atom stereocenters. The van der Waals surface area contributed by atoms with Crippen molar-refractivity contribution >= 4 is 27.6 Å². The van der Waals surface area contributed by atoms with Crippen LogP contribution in [0.3, 0.4) is 0 Å². The Bertz CT molecular complexity index is 530. The number of hydrogen-bond acceptors (Lipinski definition) is 3. The lowest BCUT2D eigenvalue weighted by molar-refractivity contribution is 0.188. The number of halogens is 2. The van der Waals surface area contributed by atoms with Gasteiger partial charge >= 0.3 is 0 Å². The van der Waals surface area contributed by atoms with E-state index < -0.39 is 0 Å². The number of imidazole rings is 1. The first-order valence-corrected chi connectivity index (χ1v) is 6.22. The average Bonchev–Trinajstić information content (AvgIpc) is 2.79. The van der Waals surface area contributed by atoms with Gasteiger partial charge < -0.3 is 14.6 Å². The van der Waals surface area contributed by atoms with Gasteiger partial charge in [0, 0.05) is 30.5 Å². The Hall–Kier alpha value is -1.40. The SMILES string of the molecule is COCCn1ccnc1Nc1cc(F)ccc1Br. The maximum Gasteiger partial charge on any atom is 0.207 e. The molecular weight excluding hydrogens is 301 g/mol. The van der Waals surface area contributed by atoms with E-state index in [1.54, 1.807) is 19.4 Å². The van der Waals surface area contributed by atoms with Crippen LogP contribution in [-0.2, 0) is 11.3 Å². The highest BCUT2D eigenvalue weighted by Crippen LogP contribution is 2.25. The minimum atomic E-state index is -0.296. The van der Waals surface area contributed by atoms with Crippen LogP contribution in [0.15, 0.2) is 35.1 Å². The Labute approximate surface area is 113 Å². The van der Waals surface area contributed by atoms with E-state index in [1.165, 1.54) is 12.1 Å². The Morgan fingerprint density at radius 3 is 3.11 bits per heavy atom. The van der Waals surface area contributed by atoms with Gasteiger partial charge in [-0.25, -0.2) is 9.37 Å². The highest BCUT2D eigenvalue weighted by molar-refractivity contribution is 9.10. The Balaban J connectivity index is 2.18. The van der Waals surface area contributed by atoms with E-state index in [1.807, 2.05) is 10.8 Å². The third-order valence-corrected chi connectivity index (χ3v) is 3.12. The monoisotopic (exact) mass is 313 g/mol. The molecular formula is C12H13BrFN3O. The van der Waals surface area contributed by atoms with E-state index in [4.69, 9.17) is 4.74 Å². The van der Waals surface area contributed by atoms with Crippen LogP contribution in [0.5, 0.6) is 0 Å². The number of hydrogen-bond donors (Lipinski definition) is 1. The van der Waals surface area contributed by atoms with Gasteiger partial charge in [0.25, 0.3) is 0 Å². The maximum absolute atomic E-state index is 13.2. The standard InChI is InChI=1S/C12H13BrFN3O/c1-18-7-6-17-5-4-15-12(17)16-11-8-9(14)2-3-10(11)13/h2-5,8H,6-7H2,1H3,(H,15,16). The topological polar surface area (TPSA) is 39.1 Å². The van der Waals surface area contributed by atoms with Gasteiger partial charge in [-0.1, -0.05) is 0 Å². The summed E-state index contributed by atoms with van der Waals surface area (Å²) in [5.74, 6) is 0.356. The number of ether oxygens (including phenoxy) is 1. The molecule has 2 rings (SSSR count). The van der Waals surface area contributed by atoms with Crippen molar-refractivity contribution in [3.05, 3.63) is 40.9 Å². The fourth-order valence-corrected chi connectivity index (χ4v) is 1.86. The molecule has 96 valence electrons. The number of methoxy groups -OCH3 is 1. The first-order chi connectivity index (χ1) is 8.70. The normalized spacial score (nSPS) is 10.6. The molecule has 0 unspecified atom stereocenters. The summed E-state index contributed by atoms with van der Waals surface area (Å²) in [6.07, 6.45) is 3.53. The van der Waals surface area contributed by atoms with Gasteiger partial charge in [0.05, 0.1) is 12.3 Å². The largest absolute Gasteiger partial charge is 0.383 e. The third kappa shape index (κ3) is 3.08. The smallest absolute Gasteiger partial charge is 0.207 e. The lowest BCUT2D eigenvalue weighted by Crippen LogP contribution is -2.07. The van der Waals surface area contributed by atoms with Crippen molar-refractivity contribution in [2.75, 3.05) is 19.0 Å². The maximum atomic E-state index is 13.2. The van der Waals surface area contributed by atoms with Gasteiger partial charge in [0.1, 0.15) is 5.82 Å². The van der Waals surface area contributed by atoms with Crippen LogP contribution in [0, 0.1) is 5.82 Å². The fraction of sp³-hybridized carbons (Fsp3) is 0.250. The molecule has 0 fully saturated rings. The number of nitrogens with zero attached hydrogens (tertiary/aromatic N) is 2. The van der Waals surface area contributed by atoms with Gasteiger partial charge in [-0.2, -0.15) is 0 Å². The van der Waals surface area contributed by atoms with Crippen molar-refractivity contribution in [3.8, 4) is 0 Å². The van der Waals surface area contributed by atoms with Crippen LogP contribution in [0.25, 0.3) is 0 Å². The van der Waals surface area contributed by atoms with Crippen molar-refractivity contribution in [3.63, 3.8) is 0 Å². The van der Waals surface area contributed by atoms with E-state index in [2.05, 4.69) is 26.2 Å². The van der Waals surface area contributed by atoms with E-state index in [0.29, 0.717) is 24.8 Å². The highest BCUT2D eigenvalue weighted by Gasteiger charge is 2.06. The Morgan fingerprint density at radius 2 is 2.33 bits per heavy atom. The van der Waals surface area contributed by atoms with Gasteiger partial charge in [0.2, 0.25) is 5.95 Å². The van der Waals surface area contributed by atoms with Crippen LogP contribution in [0.1, 0.15) is 0 Å². The lowest BCUT2D eigenvalue weighted by Gasteiger charge is -2.10. The predicted octanol–water partition coefficient (Wildman–Crippen LogP) is 3.17. The number of benzene rings is 1.